The van der Waals surface area contributed by atoms with Gasteiger partial charge in [-0.25, -0.2) is 0 Å². The summed E-state index contributed by atoms with van der Waals surface area (Å²) in [5.41, 5.74) is 1.25. The Labute approximate surface area is 173 Å². The molecule has 3 aromatic rings. The smallest absolute Gasteiger partial charge is 0.315 e. The van der Waals surface area contributed by atoms with E-state index >= 15 is 0 Å². The van der Waals surface area contributed by atoms with Gasteiger partial charge in [-0.15, -0.1) is 10.2 Å². The molecule has 0 spiro atoms. The summed E-state index contributed by atoms with van der Waals surface area (Å²) in [4.78, 5) is 12.5. The van der Waals surface area contributed by atoms with Crippen LogP contribution in [0, 0.1) is 0 Å². The summed E-state index contributed by atoms with van der Waals surface area (Å²) in [5, 5.41) is 11.3. The molecule has 1 aromatic heterocycles. The zero-order valence-electron chi connectivity index (χ0n) is 14.6. The van der Waals surface area contributed by atoms with Crippen molar-refractivity contribution in [1.82, 2.24) is 14.9 Å². The Hall–Kier alpha value is -2.72. The molecule has 0 unspecified atom stereocenters. The quantitative estimate of drug-likeness (QED) is 0.441. The van der Waals surface area contributed by atoms with E-state index in [1.54, 1.807) is 18.2 Å². The average molecular weight is 462 g/mol. The van der Waals surface area contributed by atoms with Crippen molar-refractivity contribution in [3.8, 4) is 11.5 Å². The number of benzene rings is 2. The molecule has 10 heteroatoms. The van der Waals surface area contributed by atoms with Gasteiger partial charge < -0.3 is 20.6 Å². The van der Waals surface area contributed by atoms with Crippen LogP contribution in [-0.4, -0.2) is 28.1 Å². The van der Waals surface area contributed by atoms with E-state index in [0.717, 1.165) is 14.7 Å². The second-order valence-electron chi connectivity index (χ2n) is 5.90. The van der Waals surface area contributed by atoms with E-state index in [1.807, 2.05) is 24.3 Å². The number of anilines is 2. The van der Waals surface area contributed by atoms with Crippen molar-refractivity contribution in [3.63, 3.8) is 0 Å². The Morgan fingerprint density at radius 3 is 2.64 bits per heavy atom. The van der Waals surface area contributed by atoms with Crippen LogP contribution in [0.2, 0.25) is 0 Å². The molecule has 144 valence electrons. The van der Waals surface area contributed by atoms with Gasteiger partial charge in [-0.05, 0) is 29.8 Å². The van der Waals surface area contributed by atoms with Crippen molar-refractivity contribution < 1.29 is 9.47 Å². The van der Waals surface area contributed by atoms with Gasteiger partial charge in [0.1, 0.15) is 13.2 Å². The SMILES string of the molecule is Nn1c(SCc2ccc(Br)cc2)nnc(Nc2ccc3c(c2)OCCO3)c1=O. The van der Waals surface area contributed by atoms with Gasteiger partial charge in [0.2, 0.25) is 11.0 Å². The first-order valence-electron chi connectivity index (χ1n) is 8.39. The number of hydrogen-bond donors (Lipinski definition) is 2. The molecule has 0 amide bonds. The minimum Gasteiger partial charge on any atom is -0.486 e. The molecule has 0 atom stereocenters. The van der Waals surface area contributed by atoms with Gasteiger partial charge in [0.15, 0.2) is 11.5 Å². The summed E-state index contributed by atoms with van der Waals surface area (Å²) >= 11 is 4.74. The van der Waals surface area contributed by atoms with Crippen LogP contribution in [0.25, 0.3) is 0 Å². The fourth-order valence-electron chi connectivity index (χ4n) is 2.55. The molecular formula is C18H16BrN5O3S. The number of nitrogens with one attached hydrogen (secondary N) is 1. The van der Waals surface area contributed by atoms with E-state index in [4.69, 9.17) is 15.3 Å². The lowest BCUT2D eigenvalue weighted by Crippen LogP contribution is -2.32. The number of nitrogen functional groups attached to an aromatic ring is 1. The normalized spacial score (nSPS) is 12.6. The Balaban J connectivity index is 1.49. The molecule has 8 nitrogen and oxygen atoms in total. The van der Waals surface area contributed by atoms with Gasteiger partial charge >= 0.3 is 5.56 Å². The zero-order chi connectivity index (χ0) is 19.5. The third-order valence-electron chi connectivity index (χ3n) is 3.95. The van der Waals surface area contributed by atoms with Gasteiger partial charge in [-0.1, -0.05) is 39.8 Å². The van der Waals surface area contributed by atoms with Gasteiger partial charge in [0, 0.05) is 22.0 Å². The molecule has 0 bridgehead atoms. The second-order valence-corrected chi connectivity index (χ2v) is 7.76. The second kappa shape index (κ2) is 8.11. The third-order valence-corrected chi connectivity index (χ3v) is 5.49. The summed E-state index contributed by atoms with van der Waals surface area (Å²) in [6, 6.07) is 13.2. The molecule has 3 N–H and O–H groups in total. The van der Waals surface area contributed by atoms with Crippen molar-refractivity contribution in [2.75, 3.05) is 24.4 Å². The standard InChI is InChI=1S/C18H16BrN5O3S/c19-12-3-1-11(2-4-12)10-28-18-23-22-16(17(25)24(18)20)21-13-5-6-14-15(9-13)27-8-7-26-14/h1-6,9H,7-8,10,20H2,(H,21,22). The van der Waals surface area contributed by atoms with E-state index in [1.165, 1.54) is 11.8 Å². The number of nitrogens with two attached hydrogens (primary N) is 1. The first-order chi connectivity index (χ1) is 13.6. The van der Waals surface area contributed by atoms with Crippen LogP contribution in [0.1, 0.15) is 5.56 Å². The highest BCUT2D eigenvalue weighted by Crippen LogP contribution is 2.33. The van der Waals surface area contributed by atoms with Crippen molar-refractivity contribution >= 4 is 39.2 Å². The van der Waals surface area contributed by atoms with E-state index in [9.17, 15) is 4.79 Å². The largest absolute Gasteiger partial charge is 0.486 e. The van der Waals surface area contributed by atoms with Crippen molar-refractivity contribution in [2.24, 2.45) is 0 Å². The van der Waals surface area contributed by atoms with Crippen molar-refractivity contribution in [1.29, 1.82) is 0 Å². The fraction of sp³-hybridized carbons (Fsp3) is 0.167. The number of fused-ring (bicyclic) bond motifs is 1. The van der Waals surface area contributed by atoms with Gasteiger partial charge in [-0.3, -0.25) is 4.79 Å². The Bertz CT molecular complexity index is 1060. The number of aromatic nitrogens is 3. The van der Waals surface area contributed by atoms with Gasteiger partial charge in [0.05, 0.1) is 0 Å². The molecule has 1 aliphatic rings. The highest BCUT2D eigenvalue weighted by molar-refractivity contribution is 9.10. The van der Waals surface area contributed by atoms with Gasteiger partial charge in [-0.2, -0.15) is 4.68 Å². The summed E-state index contributed by atoms with van der Waals surface area (Å²) in [6.07, 6.45) is 0. The molecule has 0 saturated heterocycles. The number of halogens is 1. The predicted molar refractivity (Wildman–Crippen MR) is 111 cm³/mol. The van der Waals surface area contributed by atoms with Crippen LogP contribution in [0.15, 0.2) is 56.9 Å². The molecule has 4 rings (SSSR count). The van der Waals surface area contributed by atoms with Crippen molar-refractivity contribution in [2.45, 2.75) is 10.9 Å². The lowest BCUT2D eigenvalue weighted by Gasteiger charge is -2.19. The number of ether oxygens (including phenoxy) is 2. The predicted octanol–water partition coefficient (Wildman–Crippen LogP) is 2.92. The molecule has 1 aliphatic heterocycles. The molecule has 0 saturated carbocycles. The van der Waals surface area contributed by atoms with Crippen LogP contribution in [0.5, 0.6) is 11.5 Å². The first-order valence-corrected chi connectivity index (χ1v) is 10.2. The van der Waals surface area contributed by atoms with Crippen LogP contribution in [0.4, 0.5) is 11.5 Å². The third kappa shape index (κ3) is 4.07. The zero-order valence-corrected chi connectivity index (χ0v) is 17.0. The van der Waals surface area contributed by atoms with Crippen LogP contribution in [0.3, 0.4) is 0 Å². The Morgan fingerprint density at radius 2 is 1.86 bits per heavy atom. The summed E-state index contributed by atoms with van der Waals surface area (Å²) < 4.78 is 13.0. The molecule has 0 aliphatic carbocycles. The van der Waals surface area contributed by atoms with Crippen molar-refractivity contribution in [3.05, 3.63) is 62.9 Å². The molecule has 2 heterocycles. The number of thioether (sulfide) groups is 1. The Morgan fingerprint density at radius 1 is 1.11 bits per heavy atom. The number of rotatable bonds is 5. The average Bonchev–Trinajstić information content (AvgIpc) is 2.72. The van der Waals surface area contributed by atoms with E-state index in [-0.39, 0.29) is 5.82 Å². The summed E-state index contributed by atoms with van der Waals surface area (Å²) in [6.45, 7) is 0.999. The maximum absolute atomic E-state index is 12.5. The molecular weight excluding hydrogens is 446 g/mol. The monoisotopic (exact) mass is 461 g/mol. The lowest BCUT2D eigenvalue weighted by atomic mass is 10.2. The van der Waals surface area contributed by atoms with Gasteiger partial charge in [0.25, 0.3) is 0 Å². The van der Waals surface area contributed by atoms with E-state index < -0.39 is 5.56 Å². The molecule has 0 radical (unpaired) electrons. The van der Waals surface area contributed by atoms with Crippen LogP contribution in [-0.2, 0) is 5.75 Å². The number of nitrogens with zero attached hydrogens (tertiary/aromatic N) is 3. The topological polar surface area (TPSA) is 104 Å². The minimum absolute atomic E-state index is 0.0344. The van der Waals surface area contributed by atoms with E-state index in [0.29, 0.717) is 41.3 Å². The molecule has 2 aromatic carbocycles. The Kier molecular flexibility index (Phi) is 5.40. The molecule has 28 heavy (non-hydrogen) atoms. The van der Waals surface area contributed by atoms with Crippen LogP contribution >= 0.6 is 27.7 Å². The number of hydrogen-bond acceptors (Lipinski definition) is 8. The molecule has 0 fully saturated rings. The van der Waals surface area contributed by atoms with Crippen LogP contribution < -0.4 is 26.2 Å². The first kappa shape index (κ1) is 18.6. The van der Waals surface area contributed by atoms with E-state index in [2.05, 4.69) is 31.4 Å². The lowest BCUT2D eigenvalue weighted by molar-refractivity contribution is 0.171. The minimum atomic E-state index is -0.469. The fourth-order valence-corrected chi connectivity index (χ4v) is 3.62. The highest BCUT2D eigenvalue weighted by atomic mass is 79.9. The highest BCUT2D eigenvalue weighted by Gasteiger charge is 2.14. The summed E-state index contributed by atoms with van der Waals surface area (Å²) in [5.74, 6) is 7.85. The summed E-state index contributed by atoms with van der Waals surface area (Å²) in [7, 11) is 0. The maximum atomic E-state index is 12.5. The maximum Gasteiger partial charge on any atom is 0.315 e.